The summed E-state index contributed by atoms with van der Waals surface area (Å²) in [5, 5.41) is 10.2. The number of hydrogen-bond acceptors (Lipinski definition) is 4. The minimum Gasteiger partial charge on any atom is -0.477 e. The van der Waals surface area contributed by atoms with E-state index in [0.29, 0.717) is 11.1 Å². The number of hydrogen-bond donors (Lipinski definition) is 1. The fraction of sp³-hybridized carbons (Fsp3) is 0.304. The molecule has 1 N–H and O–H groups in total. The summed E-state index contributed by atoms with van der Waals surface area (Å²) in [6.45, 7) is 0. The van der Waals surface area contributed by atoms with Crippen LogP contribution < -0.4 is 4.74 Å². The first-order valence-corrected chi connectivity index (χ1v) is 9.94. The number of halogens is 3. The van der Waals surface area contributed by atoms with Gasteiger partial charge in [-0.05, 0) is 48.7 Å². The third kappa shape index (κ3) is 4.02. The number of carboxylic acids is 1. The third-order valence-electron chi connectivity index (χ3n) is 5.97. The standard InChI is InChI=1S/C23H20F3NO5/c1-31-20(28)13-22(8-3-9-22)15-4-2-5-16(11-15)27-18-12-17(32-23(24,25)26)7-6-14(18)10-19(27)21(29)30/h2,4-7,10-12H,3,8-9,13H2,1H3,(H,29,30). The number of methoxy groups -OCH3 is 1. The molecule has 1 heterocycles. The van der Waals surface area contributed by atoms with Crippen LogP contribution in [0.4, 0.5) is 13.2 Å². The smallest absolute Gasteiger partial charge is 0.477 e. The molecule has 168 valence electrons. The first-order chi connectivity index (χ1) is 15.1. The summed E-state index contributed by atoms with van der Waals surface area (Å²) in [5.41, 5.74) is 1.08. The Bertz CT molecular complexity index is 1190. The van der Waals surface area contributed by atoms with Gasteiger partial charge in [-0.3, -0.25) is 4.79 Å². The monoisotopic (exact) mass is 447 g/mol. The van der Waals surface area contributed by atoms with Crippen LogP contribution in [0.25, 0.3) is 16.6 Å². The highest BCUT2D eigenvalue weighted by Crippen LogP contribution is 2.47. The quantitative estimate of drug-likeness (QED) is 0.525. The minimum atomic E-state index is -4.87. The molecule has 0 saturated heterocycles. The maximum atomic E-state index is 12.7. The second-order valence-electron chi connectivity index (χ2n) is 7.88. The molecule has 4 rings (SSSR count). The van der Waals surface area contributed by atoms with Crippen molar-refractivity contribution in [3.8, 4) is 11.4 Å². The molecule has 0 radical (unpaired) electrons. The summed E-state index contributed by atoms with van der Waals surface area (Å²) >= 11 is 0. The van der Waals surface area contributed by atoms with Gasteiger partial charge in [0, 0.05) is 22.6 Å². The highest BCUT2D eigenvalue weighted by molar-refractivity contribution is 5.96. The van der Waals surface area contributed by atoms with Crippen molar-refractivity contribution in [2.24, 2.45) is 0 Å². The molecule has 0 unspecified atom stereocenters. The summed E-state index contributed by atoms with van der Waals surface area (Å²) in [6.07, 6.45) is -2.15. The summed E-state index contributed by atoms with van der Waals surface area (Å²) in [6, 6.07) is 12.2. The molecule has 0 bridgehead atoms. The van der Waals surface area contributed by atoms with Gasteiger partial charge in [-0.15, -0.1) is 13.2 Å². The lowest BCUT2D eigenvalue weighted by atomic mass is 9.62. The molecule has 0 amide bonds. The molecule has 2 aromatic carbocycles. The number of carbonyl (C=O) groups is 2. The van der Waals surface area contributed by atoms with Gasteiger partial charge in [0.05, 0.1) is 19.0 Å². The number of nitrogens with zero attached hydrogens (tertiary/aromatic N) is 1. The van der Waals surface area contributed by atoms with Crippen molar-refractivity contribution in [1.29, 1.82) is 0 Å². The molecule has 3 aromatic rings. The Labute approximate surface area is 181 Å². The van der Waals surface area contributed by atoms with Gasteiger partial charge in [0.2, 0.25) is 0 Å². The van der Waals surface area contributed by atoms with Gasteiger partial charge in [-0.25, -0.2) is 4.79 Å². The summed E-state index contributed by atoms with van der Waals surface area (Å²) < 4.78 is 48.3. The number of alkyl halides is 3. The van der Waals surface area contributed by atoms with E-state index in [1.165, 1.54) is 23.8 Å². The number of benzene rings is 2. The number of rotatable bonds is 6. The van der Waals surface area contributed by atoms with E-state index in [-0.39, 0.29) is 23.6 Å². The molecule has 1 fully saturated rings. The number of esters is 1. The molecule has 1 aliphatic carbocycles. The lowest BCUT2D eigenvalue weighted by Gasteiger charge is -2.42. The Balaban J connectivity index is 1.84. The van der Waals surface area contributed by atoms with Gasteiger partial charge in [0.1, 0.15) is 11.4 Å². The maximum Gasteiger partial charge on any atom is 0.573 e. The van der Waals surface area contributed by atoms with Crippen LogP contribution in [0, 0.1) is 0 Å². The number of carboxylic acid groups (broad SMARTS) is 1. The molecule has 0 spiro atoms. The first kappa shape index (κ1) is 21.7. The molecular formula is C23H20F3NO5. The van der Waals surface area contributed by atoms with Crippen LogP contribution in [0.15, 0.2) is 48.5 Å². The predicted octanol–water partition coefficient (Wildman–Crippen LogP) is 5.21. The van der Waals surface area contributed by atoms with Crippen LogP contribution in [0.3, 0.4) is 0 Å². The van der Waals surface area contributed by atoms with E-state index >= 15 is 0 Å². The van der Waals surface area contributed by atoms with Crippen molar-refractivity contribution in [2.75, 3.05) is 7.11 Å². The van der Waals surface area contributed by atoms with Crippen LogP contribution >= 0.6 is 0 Å². The highest BCUT2D eigenvalue weighted by Gasteiger charge is 2.41. The number of fused-ring (bicyclic) bond motifs is 1. The SMILES string of the molecule is COC(=O)CC1(c2cccc(-n3c(C(=O)O)cc4ccc(OC(F)(F)F)cc43)c2)CCC1. The summed E-state index contributed by atoms with van der Waals surface area (Å²) in [4.78, 5) is 23.9. The predicted molar refractivity (Wildman–Crippen MR) is 109 cm³/mol. The van der Waals surface area contributed by atoms with Crippen molar-refractivity contribution in [2.45, 2.75) is 37.5 Å². The van der Waals surface area contributed by atoms with Crippen LogP contribution in [-0.4, -0.2) is 35.1 Å². The van der Waals surface area contributed by atoms with Gasteiger partial charge < -0.3 is 19.1 Å². The molecule has 9 heteroatoms. The second kappa shape index (κ2) is 7.89. The van der Waals surface area contributed by atoms with E-state index in [0.717, 1.165) is 37.0 Å². The highest BCUT2D eigenvalue weighted by atomic mass is 19.4. The Morgan fingerprint density at radius 1 is 1.12 bits per heavy atom. The van der Waals surface area contributed by atoms with Crippen molar-refractivity contribution in [3.05, 3.63) is 59.8 Å². The van der Waals surface area contributed by atoms with E-state index in [2.05, 4.69) is 4.74 Å². The van der Waals surface area contributed by atoms with E-state index in [4.69, 9.17) is 4.74 Å². The molecule has 32 heavy (non-hydrogen) atoms. The average molecular weight is 447 g/mol. The normalized spacial score (nSPS) is 15.2. The Hall–Kier alpha value is -3.49. The average Bonchev–Trinajstić information content (AvgIpc) is 3.08. The van der Waals surface area contributed by atoms with Gasteiger partial charge in [-0.2, -0.15) is 0 Å². The van der Waals surface area contributed by atoms with Crippen LogP contribution in [0.2, 0.25) is 0 Å². The van der Waals surface area contributed by atoms with E-state index in [1.54, 1.807) is 18.2 Å². The number of aromatic carboxylic acids is 1. The first-order valence-electron chi connectivity index (χ1n) is 9.94. The van der Waals surface area contributed by atoms with Crippen molar-refractivity contribution in [1.82, 2.24) is 4.57 Å². The zero-order chi connectivity index (χ0) is 23.1. The zero-order valence-electron chi connectivity index (χ0n) is 17.1. The molecule has 1 aliphatic rings. The second-order valence-corrected chi connectivity index (χ2v) is 7.88. The topological polar surface area (TPSA) is 77.8 Å². The van der Waals surface area contributed by atoms with Gasteiger partial charge in [-0.1, -0.05) is 18.6 Å². The largest absolute Gasteiger partial charge is 0.573 e. The molecule has 1 aromatic heterocycles. The molecular weight excluding hydrogens is 427 g/mol. The van der Waals surface area contributed by atoms with Gasteiger partial charge in [0.25, 0.3) is 0 Å². The number of aromatic nitrogens is 1. The van der Waals surface area contributed by atoms with Crippen molar-refractivity contribution >= 4 is 22.8 Å². The lowest BCUT2D eigenvalue weighted by molar-refractivity contribution is -0.274. The molecule has 0 atom stereocenters. The molecule has 6 nitrogen and oxygen atoms in total. The van der Waals surface area contributed by atoms with E-state index in [1.807, 2.05) is 6.07 Å². The number of carbonyl (C=O) groups excluding carboxylic acids is 1. The van der Waals surface area contributed by atoms with Gasteiger partial charge in [0.15, 0.2) is 0 Å². The van der Waals surface area contributed by atoms with E-state index < -0.39 is 23.5 Å². The Morgan fingerprint density at radius 3 is 2.47 bits per heavy atom. The minimum absolute atomic E-state index is 0.100. The van der Waals surface area contributed by atoms with Crippen LogP contribution in [0.5, 0.6) is 5.75 Å². The zero-order valence-corrected chi connectivity index (χ0v) is 17.1. The van der Waals surface area contributed by atoms with E-state index in [9.17, 15) is 27.9 Å². The summed E-state index contributed by atoms with van der Waals surface area (Å²) in [5.74, 6) is -2.00. The number of ether oxygens (including phenoxy) is 2. The fourth-order valence-corrected chi connectivity index (χ4v) is 4.31. The lowest BCUT2D eigenvalue weighted by Crippen LogP contribution is -2.37. The Morgan fingerprint density at radius 2 is 1.88 bits per heavy atom. The van der Waals surface area contributed by atoms with Crippen LogP contribution in [-0.2, 0) is 14.9 Å². The van der Waals surface area contributed by atoms with Crippen LogP contribution in [0.1, 0.15) is 41.7 Å². The molecule has 0 aliphatic heterocycles. The molecule has 1 saturated carbocycles. The Kier molecular flexibility index (Phi) is 5.36. The summed E-state index contributed by atoms with van der Waals surface area (Å²) in [7, 11) is 1.33. The van der Waals surface area contributed by atoms with Gasteiger partial charge >= 0.3 is 18.3 Å². The van der Waals surface area contributed by atoms with Crippen molar-refractivity contribution < 1.29 is 37.3 Å². The third-order valence-corrected chi connectivity index (χ3v) is 5.97. The van der Waals surface area contributed by atoms with Crippen molar-refractivity contribution in [3.63, 3.8) is 0 Å². The fourth-order valence-electron chi connectivity index (χ4n) is 4.31. The maximum absolute atomic E-state index is 12.7.